The van der Waals surface area contributed by atoms with Gasteiger partial charge in [-0.3, -0.25) is 9.36 Å². The van der Waals surface area contributed by atoms with Gasteiger partial charge in [0.15, 0.2) is 0 Å². The Hall–Kier alpha value is -2.86. The zero-order chi connectivity index (χ0) is 17.1. The van der Waals surface area contributed by atoms with E-state index in [4.69, 9.17) is 10.5 Å². The summed E-state index contributed by atoms with van der Waals surface area (Å²) in [6.07, 6.45) is 0.662. The van der Waals surface area contributed by atoms with Crippen LogP contribution in [0.1, 0.15) is 6.42 Å². The highest BCUT2D eigenvalue weighted by molar-refractivity contribution is 5.73. The molecule has 3 aromatic rings. The summed E-state index contributed by atoms with van der Waals surface area (Å²) < 4.78 is 7.46. The van der Waals surface area contributed by atoms with Crippen molar-refractivity contribution in [1.29, 1.82) is 0 Å². The fourth-order valence-electron chi connectivity index (χ4n) is 2.77. The van der Waals surface area contributed by atoms with Gasteiger partial charge in [0.05, 0.1) is 12.7 Å². The SMILES string of the molecule is COc1ccc(-c2c(=O)n(CCCN)c3ccccc3[n+]2[O-])cc1. The molecule has 24 heavy (non-hydrogen) atoms. The molecule has 0 spiro atoms. The second-order valence-corrected chi connectivity index (χ2v) is 5.46. The number of nitrogens with two attached hydrogens (primary N) is 1. The molecule has 0 aliphatic rings. The third-order valence-electron chi connectivity index (χ3n) is 3.99. The third-order valence-corrected chi connectivity index (χ3v) is 3.99. The predicted molar refractivity (Wildman–Crippen MR) is 92.8 cm³/mol. The zero-order valence-corrected chi connectivity index (χ0v) is 13.4. The first-order chi connectivity index (χ1) is 11.7. The first-order valence-electron chi connectivity index (χ1n) is 7.77. The molecule has 0 fully saturated rings. The van der Waals surface area contributed by atoms with Crippen LogP contribution in [0.15, 0.2) is 53.3 Å². The second kappa shape index (κ2) is 6.72. The van der Waals surface area contributed by atoms with Crippen molar-refractivity contribution in [2.45, 2.75) is 13.0 Å². The van der Waals surface area contributed by atoms with Crippen LogP contribution in [0.25, 0.3) is 22.3 Å². The van der Waals surface area contributed by atoms with Gasteiger partial charge in [-0.2, -0.15) is 4.73 Å². The number of para-hydroxylation sites is 2. The van der Waals surface area contributed by atoms with Gasteiger partial charge < -0.3 is 15.7 Å². The summed E-state index contributed by atoms with van der Waals surface area (Å²) >= 11 is 0. The van der Waals surface area contributed by atoms with Crippen LogP contribution in [0.3, 0.4) is 0 Å². The highest BCUT2D eigenvalue weighted by Crippen LogP contribution is 2.19. The lowest BCUT2D eigenvalue weighted by Crippen LogP contribution is -2.41. The van der Waals surface area contributed by atoms with E-state index in [1.165, 1.54) is 0 Å². The van der Waals surface area contributed by atoms with E-state index >= 15 is 0 Å². The molecule has 0 bridgehead atoms. The number of hydrogen-bond acceptors (Lipinski definition) is 4. The van der Waals surface area contributed by atoms with E-state index in [1.807, 2.05) is 6.07 Å². The van der Waals surface area contributed by atoms with Crippen LogP contribution in [0, 0.1) is 5.21 Å². The number of fused-ring (bicyclic) bond motifs is 1. The number of rotatable bonds is 5. The normalized spacial score (nSPS) is 10.9. The fraction of sp³-hybridized carbons (Fsp3) is 0.222. The molecule has 1 aromatic heterocycles. The van der Waals surface area contributed by atoms with Crippen LogP contribution < -0.4 is 20.8 Å². The Kier molecular flexibility index (Phi) is 4.48. The molecule has 0 radical (unpaired) electrons. The molecule has 1 heterocycles. The molecular formula is C18H19N3O3. The minimum Gasteiger partial charge on any atom is -0.618 e. The minimum atomic E-state index is -0.317. The highest BCUT2D eigenvalue weighted by Gasteiger charge is 2.21. The Labute approximate surface area is 139 Å². The molecule has 2 N–H and O–H groups in total. The maximum absolute atomic E-state index is 12.9. The van der Waals surface area contributed by atoms with Gasteiger partial charge in [-0.15, -0.1) is 0 Å². The Bertz CT molecular complexity index is 917. The lowest BCUT2D eigenvalue weighted by molar-refractivity contribution is -0.566. The van der Waals surface area contributed by atoms with E-state index in [9.17, 15) is 10.0 Å². The number of methoxy groups -OCH3 is 1. The molecule has 0 atom stereocenters. The molecule has 0 saturated heterocycles. The molecule has 0 saturated carbocycles. The van der Waals surface area contributed by atoms with Crippen molar-refractivity contribution in [3.8, 4) is 17.0 Å². The van der Waals surface area contributed by atoms with E-state index in [2.05, 4.69) is 0 Å². The molecule has 0 aliphatic carbocycles. The smallest absolute Gasteiger partial charge is 0.325 e. The maximum Gasteiger partial charge on any atom is 0.325 e. The summed E-state index contributed by atoms with van der Waals surface area (Å²) in [6.45, 7) is 0.949. The van der Waals surface area contributed by atoms with Gasteiger partial charge in [0.2, 0.25) is 5.52 Å². The third kappa shape index (κ3) is 2.72. The topological polar surface area (TPSA) is 84.2 Å². The first kappa shape index (κ1) is 16.0. The average Bonchev–Trinajstić information content (AvgIpc) is 2.62. The maximum atomic E-state index is 12.9. The van der Waals surface area contributed by atoms with Crippen molar-refractivity contribution in [2.75, 3.05) is 13.7 Å². The minimum absolute atomic E-state index is 0.105. The van der Waals surface area contributed by atoms with Crippen LogP contribution in [0.4, 0.5) is 0 Å². The van der Waals surface area contributed by atoms with Gasteiger partial charge in [-0.05, 0) is 43.3 Å². The monoisotopic (exact) mass is 325 g/mol. The highest BCUT2D eigenvalue weighted by atomic mass is 16.5. The molecular weight excluding hydrogens is 306 g/mol. The van der Waals surface area contributed by atoms with Crippen LogP contribution in [-0.2, 0) is 6.54 Å². The van der Waals surface area contributed by atoms with Crippen molar-refractivity contribution < 1.29 is 9.47 Å². The summed E-state index contributed by atoms with van der Waals surface area (Å²) in [4.78, 5) is 12.9. The lowest BCUT2D eigenvalue weighted by Gasteiger charge is -2.13. The standard InChI is InChI=1S/C18H19N3O3/c1-24-14-9-7-13(8-10-14)17-18(22)20(12-4-11-19)15-5-2-3-6-16(15)21(17)23/h2-3,5-10H,4,11-12,19H2,1H3. The largest absolute Gasteiger partial charge is 0.618 e. The number of nitrogens with zero attached hydrogens (tertiary/aromatic N) is 2. The molecule has 3 rings (SSSR count). The van der Waals surface area contributed by atoms with Gasteiger partial charge in [0, 0.05) is 12.6 Å². The van der Waals surface area contributed by atoms with Gasteiger partial charge in [0.1, 0.15) is 11.3 Å². The number of hydrogen-bond donors (Lipinski definition) is 1. The van der Waals surface area contributed by atoms with E-state index in [1.54, 1.807) is 54.1 Å². The van der Waals surface area contributed by atoms with Crippen molar-refractivity contribution >= 4 is 11.0 Å². The van der Waals surface area contributed by atoms with Crippen molar-refractivity contribution in [3.05, 3.63) is 64.1 Å². The van der Waals surface area contributed by atoms with E-state index in [0.29, 0.717) is 46.6 Å². The summed E-state index contributed by atoms with van der Waals surface area (Å²) in [5.41, 5.74) is 7.00. The van der Waals surface area contributed by atoms with Crippen molar-refractivity contribution in [1.82, 2.24) is 4.57 Å². The summed E-state index contributed by atoms with van der Waals surface area (Å²) in [6, 6.07) is 14.0. The first-order valence-corrected chi connectivity index (χ1v) is 7.77. The molecule has 6 nitrogen and oxygen atoms in total. The molecule has 0 aliphatic heterocycles. The Morgan fingerprint density at radius 1 is 1.17 bits per heavy atom. The molecule has 2 aromatic carbocycles. The average molecular weight is 325 g/mol. The van der Waals surface area contributed by atoms with Gasteiger partial charge in [0.25, 0.3) is 5.69 Å². The Morgan fingerprint density at radius 3 is 2.54 bits per heavy atom. The number of aryl methyl sites for hydroxylation is 1. The lowest BCUT2D eigenvalue weighted by atomic mass is 10.1. The Balaban J connectivity index is 2.28. The van der Waals surface area contributed by atoms with Crippen LogP contribution in [-0.4, -0.2) is 18.2 Å². The number of aromatic nitrogens is 2. The van der Waals surface area contributed by atoms with E-state index in [0.717, 1.165) is 0 Å². The van der Waals surface area contributed by atoms with Crippen molar-refractivity contribution in [3.63, 3.8) is 0 Å². The van der Waals surface area contributed by atoms with E-state index in [-0.39, 0.29) is 11.3 Å². The van der Waals surface area contributed by atoms with Crippen LogP contribution >= 0.6 is 0 Å². The Morgan fingerprint density at radius 2 is 1.88 bits per heavy atom. The number of benzene rings is 2. The number of ether oxygens (including phenoxy) is 1. The van der Waals surface area contributed by atoms with Gasteiger partial charge >= 0.3 is 5.56 Å². The zero-order valence-electron chi connectivity index (χ0n) is 13.4. The molecule has 0 amide bonds. The summed E-state index contributed by atoms with van der Waals surface area (Å²) in [5.74, 6) is 0.667. The van der Waals surface area contributed by atoms with E-state index < -0.39 is 0 Å². The molecule has 6 heteroatoms. The van der Waals surface area contributed by atoms with Gasteiger partial charge in [-0.1, -0.05) is 12.1 Å². The fourth-order valence-corrected chi connectivity index (χ4v) is 2.77. The quantitative estimate of drug-likeness (QED) is 0.571. The summed E-state index contributed by atoms with van der Waals surface area (Å²) in [7, 11) is 1.57. The van der Waals surface area contributed by atoms with Crippen LogP contribution in [0.2, 0.25) is 0 Å². The second-order valence-electron chi connectivity index (χ2n) is 5.46. The van der Waals surface area contributed by atoms with Crippen molar-refractivity contribution in [2.24, 2.45) is 5.73 Å². The predicted octanol–water partition coefficient (Wildman–Crippen LogP) is 1.66. The summed E-state index contributed by atoms with van der Waals surface area (Å²) in [5, 5.41) is 12.8. The molecule has 0 unspecified atom stereocenters. The van der Waals surface area contributed by atoms with Gasteiger partial charge in [-0.25, -0.2) is 0 Å². The molecule has 124 valence electrons. The van der Waals surface area contributed by atoms with Crippen LogP contribution in [0.5, 0.6) is 5.75 Å².